The van der Waals surface area contributed by atoms with E-state index in [1.807, 2.05) is 0 Å². The van der Waals surface area contributed by atoms with Crippen molar-refractivity contribution >= 4 is 27.7 Å². The van der Waals surface area contributed by atoms with Crippen molar-refractivity contribution in [3.05, 3.63) is 70.2 Å². The van der Waals surface area contributed by atoms with Crippen LogP contribution in [0.2, 0.25) is 0 Å². The molecule has 3 heteroatoms. The summed E-state index contributed by atoms with van der Waals surface area (Å²) in [5.74, 6) is 0.691. The molecule has 2 nitrogen and oxygen atoms in total. The summed E-state index contributed by atoms with van der Waals surface area (Å²) in [5, 5.41) is 2.55. The van der Waals surface area contributed by atoms with Crippen LogP contribution < -0.4 is 10.2 Å². The van der Waals surface area contributed by atoms with Crippen LogP contribution in [0.4, 0.5) is 5.69 Å². The second-order valence-electron chi connectivity index (χ2n) is 8.01. The normalized spacial score (nSPS) is 27.4. The number of halogens is 1. The highest BCUT2D eigenvalue weighted by atomic mass is 79.9. The van der Waals surface area contributed by atoms with Gasteiger partial charge in [0.25, 0.3) is 0 Å². The maximum absolute atomic E-state index is 3.52. The van der Waals surface area contributed by atoms with Gasteiger partial charge < -0.3 is 10.2 Å². The minimum Gasteiger partial charge on any atom is -0.320 e. The number of benzene rings is 2. The Balaban J connectivity index is 1.81. The minimum absolute atomic E-state index is 0.0512. The molecule has 0 saturated carbocycles. The van der Waals surface area contributed by atoms with Crippen LogP contribution >= 0.6 is 15.9 Å². The fourth-order valence-corrected chi connectivity index (χ4v) is 4.80. The summed E-state index contributed by atoms with van der Waals surface area (Å²) in [6, 6.07) is 17.5. The molecule has 130 valence electrons. The van der Waals surface area contributed by atoms with E-state index >= 15 is 0 Å². The van der Waals surface area contributed by atoms with Crippen molar-refractivity contribution in [1.29, 1.82) is 0 Å². The maximum Gasteiger partial charge on any atom is 0.200 e. The predicted octanol–water partition coefficient (Wildman–Crippen LogP) is 4.17. The minimum atomic E-state index is -0.0593. The van der Waals surface area contributed by atoms with Crippen LogP contribution in [-0.4, -0.2) is 18.8 Å². The van der Waals surface area contributed by atoms with E-state index < -0.39 is 0 Å². The average molecular weight is 398 g/mol. The lowest BCUT2D eigenvalue weighted by Gasteiger charge is -2.47. The highest BCUT2D eigenvalue weighted by Crippen LogP contribution is 2.50. The van der Waals surface area contributed by atoms with Gasteiger partial charge in [0, 0.05) is 22.6 Å². The zero-order valence-electron chi connectivity index (χ0n) is 15.2. The van der Waals surface area contributed by atoms with Crippen LogP contribution in [0.1, 0.15) is 31.9 Å². The number of rotatable bonds is 2. The molecular weight excluding hydrogens is 372 g/mol. The largest absolute Gasteiger partial charge is 0.320 e. The third kappa shape index (κ3) is 2.56. The standard InChI is InChI=1S/C22H25BrN2/c1-16-14-24-22(13-12-17-8-10-18(23)11-9-17)21(2,3)19-6-4-5-7-20(19)25(22)15-16/h4-13,16,24H,14-15H2,1-3H3/p+1/b13-12+/t16-,22-/m0/s1. The Kier molecular flexibility index (Phi) is 4.04. The summed E-state index contributed by atoms with van der Waals surface area (Å²) in [4.78, 5) is 2.63. The topological polar surface area (TPSA) is 19.9 Å². The molecule has 0 aromatic heterocycles. The van der Waals surface area contributed by atoms with Crippen molar-refractivity contribution in [3.63, 3.8) is 0 Å². The van der Waals surface area contributed by atoms with Gasteiger partial charge in [-0.05, 0) is 49.2 Å². The Hall–Kier alpha value is -1.58. The van der Waals surface area contributed by atoms with Crippen molar-refractivity contribution in [2.75, 3.05) is 18.0 Å². The van der Waals surface area contributed by atoms with E-state index in [4.69, 9.17) is 0 Å². The molecule has 1 saturated heterocycles. The Bertz CT molecular complexity index is 809. The Labute approximate surface area is 159 Å². The molecule has 0 aliphatic carbocycles. The molecule has 2 aromatic rings. The molecule has 4 rings (SSSR count). The monoisotopic (exact) mass is 397 g/mol. The third-order valence-electron chi connectivity index (χ3n) is 6.04. The number of quaternary nitrogens is 1. The molecule has 25 heavy (non-hydrogen) atoms. The van der Waals surface area contributed by atoms with E-state index in [0.29, 0.717) is 5.92 Å². The third-order valence-corrected chi connectivity index (χ3v) is 6.57. The molecule has 0 unspecified atom stereocenters. The predicted molar refractivity (Wildman–Crippen MR) is 109 cm³/mol. The van der Waals surface area contributed by atoms with Crippen LogP contribution in [0.15, 0.2) is 59.1 Å². The highest BCUT2D eigenvalue weighted by Gasteiger charge is 2.60. The van der Waals surface area contributed by atoms with Crippen LogP contribution in [-0.2, 0) is 5.41 Å². The van der Waals surface area contributed by atoms with Gasteiger partial charge in [-0.15, -0.1) is 0 Å². The van der Waals surface area contributed by atoms with E-state index in [-0.39, 0.29) is 11.1 Å². The first-order valence-corrected chi connectivity index (χ1v) is 9.90. The average Bonchev–Trinajstić information content (AvgIpc) is 2.80. The molecule has 0 spiro atoms. The number of anilines is 1. The maximum atomic E-state index is 3.52. The van der Waals surface area contributed by atoms with Crippen molar-refractivity contribution in [3.8, 4) is 0 Å². The lowest BCUT2D eigenvalue weighted by atomic mass is 9.74. The molecule has 1 fully saturated rings. The first-order valence-electron chi connectivity index (χ1n) is 9.10. The smallest absolute Gasteiger partial charge is 0.200 e. The first kappa shape index (κ1) is 16.9. The number of fused-ring (bicyclic) bond motifs is 3. The van der Waals surface area contributed by atoms with Gasteiger partial charge in [0.1, 0.15) is 0 Å². The van der Waals surface area contributed by atoms with Crippen LogP contribution in [0.5, 0.6) is 0 Å². The summed E-state index contributed by atoms with van der Waals surface area (Å²) in [6.07, 6.45) is 4.72. The van der Waals surface area contributed by atoms with Crippen molar-refractivity contribution in [2.24, 2.45) is 5.92 Å². The molecular formula is C22H26BrN2+. The van der Waals surface area contributed by atoms with E-state index in [9.17, 15) is 0 Å². The SMILES string of the molecule is C[C@H]1C[NH2+][C@@]2(/C=C/c3ccc(Br)cc3)N(C1)c1ccccc1C2(C)C. The number of hydrogen-bond acceptors (Lipinski definition) is 1. The Morgan fingerprint density at radius 3 is 2.60 bits per heavy atom. The van der Waals surface area contributed by atoms with Crippen LogP contribution in [0.25, 0.3) is 6.08 Å². The number of nitrogens with two attached hydrogens (primary N) is 1. The molecule has 0 radical (unpaired) electrons. The molecule has 2 aromatic carbocycles. The fraction of sp³-hybridized carbons (Fsp3) is 0.364. The number of hydrogen-bond donors (Lipinski definition) is 1. The van der Waals surface area contributed by atoms with Gasteiger partial charge in [0.05, 0.1) is 12.0 Å². The Morgan fingerprint density at radius 2 is 1.84 bits per heavy atom. The van der Waals surface area contributed by atoms with Gasteiger partial charge in [-0.3, -0.25) is 0 Å². The van der Waals surface area contributed by atoms with E-state index in [1.165, 1.54) is 23.4 Å². The molecule has 2 aliphatic rings. The molecule has 0 bridgehead atoms. The van der Waals surface area contributed by atoms with Crippen molar-refractivity contribution in [2.45, 2.75) is 31.8 Å². The van der Waals surface area contributed by atoms with Gasteiger partial charge in [-0.2, -0.15) is 0 Å². The van der Waals surface area contributed by atoms with E-state index in [2.05, 4.69) is 108 Å². The summed E-state index contributed by atoms with van der Waals surface area (Å²) in [5.41, 5.74) is 4.10. The summed E-state index contributed by atoms with van der Waals surface area (Å²) in [7, 11) is 0. The van der Waals surface area contributed by atoms with E-state index in [0.717, 1.165) is 11.0 Å². The van der Waals surface area contributed by atoms with Gasteiger partial charge in [0.15, 0.2) is 0 Å². The first-order chi connectivity index (χ1) is 11.9. The van der Waals surface area contributed by atoms with Gasteiger partial charge >= 0.3 is 0 Å². The Morgan fingerprint density at radius 1 is 1.12 bits per heavy atom. The second kappa shape index (κ2) is 6.00. The zero-order chi connectivity index (χ0) is 17.7. The molecule has 0 amide bonds. The van der Waals surface area contributed by atoms with Crippen LogP contribution in [0.3, 0.4) is 0 Å². The lowest BCUT2D eigenvalue weighted by Crippen LogP contribution is -3.06. The quantitative estimate of drug-likeness (QED) is 0.805. The molecule has 2 atom stereocenters. The molecule has 2 heterocycles. The molecule has 2 N–H and O–H groups in total. The van der Waals surface area contributed by atoms with Gasteiger partial charge in [-0.25, -0.2) is 0 Å². The van der Waals surface area contributed by atoms with Crippen molar-refractivity contribution < 1.29 is 5.32 Å². The van der Waals surface area contributed by atoms with Crippen molar-refractivity contribution in [1.82, 2.24) is 0 Å². The van der Waals surface area contributed by atoms with Crippen LogP contribution in [0, 0.1) is 5.92 Å². The summed E-state index contributed by atoms with van der Waals surface area (Å²) in [6.45, 7) is 9.42. The number of nitrogens with zero attached hydrogens (tertiary/aromatic N) is 1. The second-order valence-corrected chi connectivity index (χ2v) is 8.92. The lowest BCUT2D eigenvalue weighted by molar-refractivity contribution is -0.733. The zero-order valence-corrected chi connectivity index (χ0v) is 16.8. The fourth-order valence-electron chi connectivity index (χ4n) is 4.54. The van der Waals surface area contributed by atoms with Gasteiger partial charge in [-0.1, -0.05) is 59.3 Å². The number of para-hydroxylation sites is 1. The summed E-state index contributed by atoms with van der Waals surface area (Å²) >= 11 is 3.52. The highest BCUT2D eigenvalue weighted by molar-refractivity contribution is 9.10. The van der Waals surface area contributed by atoms with Gasteiger partial charge in [0.2, 0.25) is 5.66 Å². The molecule has 2 aliphatic heterocycles. The van der Waals surface area contributed by atoms with E-state index in [1.54, 1.807) is 0 Å². The summed E-state index contributed by atoms with van der Waals surface area (Å²) < 4.78 is 1.12.